The van der Waals surface area contributed by atoms with Gasteiger partial charge in [0.2, 0.25) is 11.8 Å². The molecule has 4 rings (SSSR count). The number of amides is 3. The Morgan fingerprint density at radius 1 is 0.939 bits per heavy atom. The third kappa shape index (κ3) is 6.06. The molecule has 1 aliphatic carbocycles. The van der Waals surface area contributed by atoms with Crippen LogP contribution in [0.1, 0.15) is 41.7 Å². The summed E-state index contributed by atoms with van der Waals surface area (Å²) < 4.78 is 5.21. The monoisotopic (exact) mass is 446 g/mol. The number of rotatable bonds is 8. The second-order valence-corrected chi connectivity index (χ2v) is 8.07. The third-order valence-electron chi connectivity index (χ3n) is 5.62. The zero-order valence-corrected chi connectivity index (χ0v) is 18.2. The molecule has 3 aromatic rings. The number of hydrogen-bond acceptors (Lipinski definition) is 5. The lowest BCUT2D eigenvalue weighted by Gasteiger charge is -2.12. The zero-order valence-electron chi connectivity index (χ0n) is 18.2. The summed E-state index contributed by atoms with van der Waals surface area (Å²) in [4.78, 5) is 36.8. The fourth-order valence-corrected chi connectivity index (χ4v) is 3.83. The number of carbonyl (C=O) groups is 3. The molecule has 170 valence electrons. The van der Waals surface area contributed by atoms with Gasteiger partial charge >= 0.3 is 0 Å². The lowest BCUT2D eigenvalue weighted by atomic mass is 10.1. The molecule has 1 heterocycles. The molecule has 0 saturated heterocycles. The quantitative estimate of drug-likeness (QED) is 0.490. The fraction of sp³-hybridized carbons (Fsp3) is 0.280. The van der Waals surface area contributed by atoms with Crippen molar-refractivity contribution in [2.45, 2.75) is 32.2 Å². The lowest BCUT2D eigenvalue weighted by molar-refractivity contribution is -0.120. The van der Waals surface area contributed by atoms with E-state index >= 15 is 0 Å². The van der Waals surface area contributed by atoms with Crippen LogP contribution in [0.4, 0.5) is 5.69 Å². The third-order valence-corrected chi connectivity index (χ3v) is 5.62. The van der Waals surface area contributed by atoms with Gasteiger partial charge in [-0.3, -0.25) is 14.4 Å². The van der Waals surface area contributed by atoms with E-state index in [1.807, 2.05) is 54.6 Å². The standard InChI is InChI=1S/C25H26N4O4/c30-23(16-27-25(32)21-14-22(33-29-21)18-8-2-1-3-9-18)26-15-17-7-6-12-20(13-17)28-24(31)19-10-4-5-11-19/h1-3,6-9,12-14,19H,4-5,10-11,15-16H2,(H,26,30)(H,27,32)(H,28,31). The Hall–Kier alpha value is -3.94. The van der Waals surface area contributed by atoms with Crippen LogP contribution in [0, 0.1) is 5.92 Å². The van der Waals surface area contributed by atoms with Crippen molar-refractivity contribution in [3.8, 4) is 11.3 Å². The van der Waals surface area contributed by atoms with Gasteiger partial charge in [0, 0.05) is 29.8 Å². The molecule has 0 bridgehead atoms. The minimum absolute atomic E-state index is 0.0553. The molecule has 0 radical (unpaired) electrons. The van der Waals surface area contributed by atoms with Crippen molar-refractivity contribution in [2.24, 2.45) is 5.92 Å². The smallest absolute Gasteiger partial charge is 0.273 e. The molecule has 3 N–H and O–H groups in total. The first kappa shape index (κ1) is 22.3. The van der Waals surface area contributed by atoms with Crippen LogP contribution in [-0.2, 0) is 16.1 Å². The molecule has 3 amide bonds. The molecule has 1 aromatic heterocycles. The molecule has 33 heavy (non-hydrogen) atoms. The Morgan fingerprint density at radius 2 is 1.73 bits per heavy atom. The van der Waals surface area contributed by atoms with E-state index in [1.54, 1.807) is 0 Å². The SMILES string of the molecule is O=C(CNC(=O)c1cc(-c2ccccc2)on1)NCc1cccc(NC(=O)C2CCCC2)c1. The highest BCUT2D eigenvalue weighted by atomic mass is 16.5. The van der Waals surface area contributed by atoms with Crippen molar-refractivity contribution in [1.29, 1.82) is 0 Å². The van der Waals surface area contributed by atoms with Crippen molar-refractivity contribution in [3.63, 3.8) is 0 Å². The van der Waals surface area contributed by atoms with Gasteiger partial charge in [-0.25, -0.2) is 0 Å². The van der Waals surface area contributed by atoms with E-state index in [0.29, 0.717) is 11.4 Å². The van der Waals surface area contributed by atoms with Gasteiger partial charge in [0.1, 0.15) is 0 Å². The first-order valence-corrected chi connectivity index (χ1v) is 11.1. The molecule has 8 heteroatoms. The summed E-state index contributed by atoms with van der Waals surface area (Å²) >= 11 is 0. The Morgan fingerprint density at radius 3 is 2.52 bits per heavy atom. The second-order valence-electron chi connectivity index (χ2n) is 8.07. The number of nitrogens with one attached hydrogen (secondary N) is 3. The molecule has 0 aliphatic heterocycles. The number of hydrogen-bond donors (Lipinski definition) is 3. The molecular weight excluding hydrogens is 420 g/mol. The highest BCUT2D eigenvalue weighted by Crippen LogP contribution is 2.26. The van der Waals surface area contributed by atoms with Gasteiger partial charge < -0.3 is 20.5 Å². The summed E-state index contributed by atoms with van der Waals surface area (Å²) in [5.41, 5.74) is 2.48. The van der Waals surface area contributed by atoms with Crippen LogP contribution < -0.4 is 16.0 Å². The minimum Gasteiger partial charge on any atom is -0.355 e. The number of anilines is 1. The van der Waals surface area contributed by atoms with E-state index in [1.165, 1.54) is 6.07 Å². The Bertz CT molecular complexity index is 1120. The number of carbonyl (C=O) groups excluding carboxylic acids is 3. The highest BCUT2D eigenvalue weighted by molar-refractivity contribution is 5.95. The van der Waals surface area contributed by atoms with Crippen molar-refractivity contribution in [1.82, 2.24) is 15.8 Å². The summed E-state index contributed by atoms with van der Waals surface area (Å²) in [6.07, 6.45) is 4.08. The molecular formula is C25H26N4O4. The van der Waals surface area contributed by atoms with Crippen LogP contribution in [0.5, 0.6) is 0 Å². The maximum atomic E-state index is 12.3. The van der Waals surface area contributed by atoms with Crippen LogP contribution in [0.15, 0.2) is 65.2 Å². The number of aromatic nitrogens is 1. The van der Waals surface area contributed by atoms with Crippen molar-refractivity contribution < 1.29 is 18.9 Å². The van der Waals surface area contributed by atoms with E-state index < -0.39 is 5.91 Å². The van der Waals surface area contributed by atoms with Crippen molar-refractivity contribution in [3.05, 3.63) is 71.9 Å². The normalized spacial score (nSPS) is 13.5. The van der Waals surface area contributed by atoms with E-state index in [9.17, 15) is 14.4 Å². The van der Waals surface area contributed by atoms with E-state index in [2.05, 4.69) is 21.1 Å². The molecule has 0 atom stereocenters. The lowest BCUT2D eigenvalue weighted by Crippen LogP contribution is -2.36. The van der Waals surface area contributed by atoms with Crippen molar-refractivity contribution in [2.75, 3.05) is 11.9 Å². The second kappa shape index (κ2) is 10.6. The van der Waals surface area contributed by atoms with Gasteiger partial charge in [-0.05, 0) is 30.5 Å². The Labute approximate surface area is 191 Å². The Kier molecular flexibility index (Phi) is 7.14. The molecule has 1 fully saturated rings. The largest absolute Gasteiger partial charge is 0.355 e. The topological polar surface area (TPSA) is 113 Å². The number of nitrogens with zero attached hydrogens (tertiary/aromatic N) is 1. The first-order valence-electron chi connectivity index (χ1n) is 11.1. The summed E-state index contributed by atoms with van der Waals surface area (Å²) in [5.74, 6) is -0.210. The van der Waals surface area contributed by atoms with Gasteiger partial charge in [0.05, 0.1) is 6.54 Å². The van der Waals surface area contributed by atoms with Crippen LogP contribution in [0.25, 0.3) is 11.3 Å². The van der Waals surface area contributed by atoms with Gasteiger partial charge in [-0.15, -0.1) is 0 Å². The molecule has 1 saturated carbocycles. The van der Waals surface area contributed by atoms with Gasteiger partial charge in [0.15, 0.2) is 11.5 Å². The van der Waals surface area contributed by atoms with Gasteiger partial charge in [-0.2, -0.15) is 0 Å². The summed E-state index contributed by atoms with van der Waals surface area (Å²) in [6, 6.07) is 18.2. The Balaban J connectivity index is 1.23. The van der Waals surface area contributed by atoms with E-state index in [4.69, 9.17) is 4.52 Å². The highest BCUT2D eigenvalue weighted by Gasteiger charge is 2.22. The first-order chi connectivity index (χ1) is 16.1. The summed E-state index contributed by atoms with van der Waals surface area (Å²) in [7, 11) is 0. The maximum absolute atomic E-state index is 12.3. The summed E-state index contributed by atoms with van der Waals surface area (Å²) in [6.45, 7) is 0.0917. The predicted octanol–water partition coefficient (Wildman–Crippen LogP) is 3.52. The molecule has 8 nitrogen and oxygen atoms in total. The van der Waals surface area contributed by atoms with E-state index in [0.717, 1.165) is 36.8 Å². The van der Waals surface area contributed by atoms with Gasteiger partial charge in [0.25, 0.3) is 5.91 Å². The van der Waals surface area contributed by atoms with E-state index in [-0.39, 0.29) is 36.5 Å². The fourth-order valence-electron chi connectivity index (χ4n) is 3.83. The molecule has 0 spiro atoms. The predicted molar refractivity (Wildman–Crippen MR) is 123 cm³/mol. The average Bonchev–Trinajstić information content (AvgIpc) is 3.55. The summed E-state index contributed by atoms with van der Waals surface area (Å²) in [5, 5.41) is 12.0. The molecule has 1 aliphatic rings. The van der Waals surface area contributed by atoms with Crippen LogP contribution in [0.3, 0.4) is 0 Å². The van der Waals surface area contributed by atoms with Crippen LogP contribution in [0.2, 0.25) is 0 Å². The van der Waals surface area contributed by atoms with Crippen LogP contribution >= 0.6 is 0 Å². The zero-order chi connectivity index (χ0) is 23.0. The molecule has 0 unspecified atom stereocenters. The van der Waals surface area contributed by atoms with Crippen LogP contribution in [-0.4, -0.2) is 29.4 Å². The average molecular weight is 447 g/mol. The molecule has 2 aromatic carbocycles. The van der Waals surface area contributed by atoms with Gasteiger partial charge in [-0.1, -0.05) is 60.5 Å². The minimum atomic E-state index is -0.493. The maximum Gasteiger partial charge on any atom is 0.273 e. The number of benzene rings is 2. The van der Waals surface area contributed by atoms with Crippen molar-refractivity contribution >= 4 is 23.4 Å².